The van der Waals surface area contributed by atoms with Crippen LogP contribution in [0.5, 0.6) is 5.75 Å². The summed E-state index contributed by atoms with van der Waals surface area (Å²) in [6.45, 7) is 9.15. The highest BCUT2D eigenvalue weighted by Gasteiger charge is 2.32. The van der Waals surface area contributed by atoms with Crippen LogP contribution in [0.3, 0.4) is 0 Å². The number of hydrogen-bond donors (Lipinski definition) is 0. The largest absolute Gasteiger partial charge is 0.481 e. The highest BCUT2D eigenvalue weighted by atomic mass is 32.2. The number of carbonyl (C=O) groups is 1. The molecule has 1 amide bonds. The Morgan fingerprint density at radius 3 is 2.00 bits per heavy atom. The van der Waals surface area contributed by atoms with Crippen molar-refractivity contribution in [2.45, 2.75) is 44.6 Å². The van der Waals surface area contributed by atoms with Crippen LogP contribution in [0.2, 0.25) is 0 Å². The number of nitrogens with zero attached hydrogens (tertiary/aromatic N) is 2. The normalized spacial score (nSPS) is 16.5. The quantitative estimate of drug-likeness (QED) is 0.704. The summed E-state index contributed by atoms with van der Waals surface area (Å²) in [5, 5.41) is 0. The molecule has 30 heavy (non-hydrogen) atoms. The number of benzene rings is 2. The average Bonchev–Trinajstić information content (AvgIpc) is 2.74. The summed E-state index contributed by atoms with van der Waals surface area (Å²) in [7, 11) is -3.54. The molecule has 1 aliphatic heterocycles. The third-order valence-electron chi connectivity index (χ3n) is 5.42. The number of ether oxygens (including phenoxy) is 1. The molecule has 0 aromatic heterocycles. The Balaban J connectivity index is 1.57. The van der Waals surface area contributed by atoms with Gasteiger partial charge in [-0.05, 0) is 49.6 Å². The minimum Gasteiger partial charge on any atom is -0.481 e. The molecule has 0 saturated carbocycles. The van der Waals surface area contributed by atoms with E-state index in [-0.39, 0.29) is 23.9 Å². The number of sulfonamides is 1. The van der Waals surface area contributed by atoms with Crippen LogP contribution in [0.15, 0.2) is 53.4 Å². The zero-order chi connectivity index (χ0) is 21.9. The van der Waals surface area contributed by atoms with Crippen molar-refractivity contribution >= 4 is 15.9 Å². The maximum atomic E-state index is 12.8. The van der Waals surface area contributed by atoms with Gasteiger partial charge in [0.25, 0.3) is 5.91 Å². The Bertz CT molecular complexity index is 961. The number of piperazine rings is 1. The third-order valence-corrected chi connectivity index (χ3v) is 7.33. The molecule has 1 fully saturated rings. The van der Waals surface area contributed by atoms with E-state index in [0.29, 0.717) is 24.8 Å². The first-order valence-corrected chi connectivity index (χ1v) is 11.7. The van der Waals surface area contributed by atoms with Crippen LogP contribution in [-0.2, 0) is 14.8 Å². The number of rotatable bonds is 6. The van der Waals surface area contributed by atoms with Crippen LogP contribution in [0.1, 0.15) is 37.8 Å². The summed E-state index contributed by atoms with van der Waals surface area (Å²) in [6, 6.07) is 14.6. The molecule has 0 bridgehead atoms. The molecule has 6 nitrogen and oxygen atoms in total. The fraction of sp³-hybridized carbons (Fsp3) is 0.435. The number of hydrogen-bond acceptors (Lipinski definition) is 4. The second-order valence-corrected chi connectivity index (χ2v) is 9.96. The van der Waals surface area contributed by atoms with Crippen molar-refractivity contribution in [3.8, 4) is 5.75 Å². The predicted molar refractivity (Wildman–Crippen MR) is 117 cm³/mol. The summed E-state index contributed by atoms with van der Waals surface area (Å²) in [4.78, 5) is 14.7. The zero-order valence-electron chi connectivity index (χ0n) is 18.0. The maximum Gasteiger partial charge on any atom is 0.263 e. The SMILES string of the molecule is Cc1ccc(S(=O)(=O)N2CCN(C(=O)C(C)Oc3ccc(C(C)C)cc3)CC2)cc1. The predicted octanol–water partition coefficient (Wildman–Crippen LogP) is 3.42. The van der Waals surface area contributed by atoms with Crippen LogP contribution >= 0.6 is 0 Å². The molecular weight excluding hydrogens is 400 g/mol. The topological polar surface area (TPSA) is 66.9 Å². The lowest BCUT2D eigenvalue weighted by atomic mass is 10.0. The first kappa shape index (κ1) is 22.3. The number of amides is 1. The van der Waals surface area contributed by atoms with Gasteiger partial charge >= 0.3 is 0 Å². The van der Waals surface area contributed by atoms with Gasteiger partial charge in [0, 0.05) is 26.2 Å². The summed E-state index contributed by atoms with van der Waals surface area (Å²) in [5.41, 5.74) is 2.23. The molecule has 162 valence electrons. The molecule has 2 aromatic rings. The van der Waals surface area contributed by atoms with Crippen molar-refractivity contribution in [2.75, 3.05) is 26.2 Å². The van der Waals surface area contributed by atoms with Crippen molar-refractivity contribution in [1.29, 1.82) is 0 Å². The summed E-state index contributed by atoms with van der Waals surface area (Å²) in [6.07, 6.45) is -0.629. The molecule has 1 unspecified atom stereocenters. The molecule has 1 heterocycles. The van der Waals surface area contributed by atoms with Crippen molar-refractivity contribution in [1.82, 2.24) is 9.21 Å². The lowest BCUT2D eigenvalue weighted by Gasteiger charge is -2.35. The second-order valence-electron chi connectivity index (χ2n) is 8.03. The molecular formula is C23H30N2O4S. The standard InChI is InChI=1S/C23H30N2O4S/c1-17(2)20-7-9-21(10-8-20)29-19(4)23(26)24-13-15-25(16-14-24)30(27,28)22-11-5-18(3)6-12-22/h5-12,17,19H,13-16H2,1-4H3. The van der Waals surface area contributed by atoms with E-state index >= 15 is 0 Å². The Morgan fingerprint density at radius 1 is 0.900 bits per heavy atom. The van der Waals surface area contributed by atoms with Crippen molar-refractivity contribution in [2.24, 2.45) is 0 Å². The van der Waals surface area contributed by atoms with E-state index < -0.39 is 16.1 Å². The molecule has 1 saturated heterocycles. The van der Waals surface area contributed by atoms with E-state index in [1.165, 1.54) is 9.87 Å². The molecule has 7 heteroatoms. The summed E-state index contributed by atoms with van der Waals surface area (Å²) >= 11 is 0. The van der Waals surface area contributed by atoms with Crippen LogP contribution < -0.4 is 4.74 Å². The lowest BCUT2D eigenvalue weighted by Crippen LogP contribution is -2.53. The van der Waals surface area contributed by atoms with E-state index in [1.807, 2.05) is 31.2 Å². The average molecular weight is 431 g/mol. The second kappa shape index (κ2) is 9.18. The van der Waals surface area contributed by atoms with Crippen molar-refractivity contribution in [3.05, 3.63) is 59.7 Å². The maximum absolute atomic E-state index is 12.8. The van der Waals surface area contributed by atoms with Gasteiger partial charge in [-0.3, -0.25) is 4.79 Å². The van der Waals surface area contributed by atoms with Crippen LogP contribution in [0, 0.1) is 6.92 Å². The first-order chi connectivity index (χ1) is 14.2. The van der Waals surface area contributed by atoms with Gasteiger partial charge in [0.2, 0.25) is 10.0 Å². The number of carbonyl (C=O) groups excluding carboxylic acids is 1. The molecule has 2 aromatic carbocycles. The van der Waals surface area contributed by atoms with Crippen LogP contribution in [0.4, 0.5) is 0 Å². The van der Waals surface area contributed by atoms with Crippen LogP contribution in [-0.4, -0.2) is 55.8 Å². The molecule has 0 spiro atoms. The molecule has 0 aliphatic carbocycles. The Labute approximate surface area is 179 Å². The van der Waals surface area contributed by atoms with Gasteiger partial charge in [0.15, 0.2) is 6.10 Å². The van der Waals surface area contributed by atoms with E-state index in [4.69, 9.17) is 4.74 Å². The van der Waals surface area contributed by atoms with E-state index in [9.17, 15) is 13.2 Å². The molecule has 3 rings (SSSR count). The summed E-state index contributed by atoms with van der Waals surface area (Å²) < 4.78 is 32.9. The zero-order valence-corrected chi connectivity index (χ0v) is 18.9. The van der Waals surface area contributed by atoms with Gasteiger partial charge in [-0.15, -0.1) is 0 Å². The molecule has 1 aliphatic rings. The molecule has 0 radical (unpaired) electrons. The van der Waals surface area contributed by atoms with E-state index in [2.05, 4.69) is 13.8 Å². The number of aryl methyl sites for hydroxylation is 1. The van der Waals surface area contributed by atoms with Crippen molar-refractivity contribution < 1.29 is 17.9 Å². The van der Waals surface area contributed by atoms with Gasteiger partial charge < -0.3 is 9.64 Å². The monoisotopic (exact) mass is 430 g/mol. The highest BCUT2D eigenvalue weighted by molar-refractivity contribution is 7.89. The van der Waals surface area contributed by atoms with Gasteiger partial charge in [-0.1, -0.05) is 43.7 Å². The van der Waals surface area contributed by atoms with Crippen LogP contribution in [0.25, 0.3) is 0 Å². The smallest absolute Gasteiger partial charge is 0.263 e. The highest BCUT2D eigenvalue weighted by Crippen LogP contribution is 2.21. The first-order valence-electron chi connectivity index (χ1n) is 10.3. The minimum absolute atomic E-state index is 0.129. The Morgan fingerprint density at radius 2 is 1.47 bits per heavy atom. The van der Waals surface area contributed by atoms with Gasteiger partial charge in [0.05, 0.1) is 4.90 Å². The van der Waals surface area contributed by atoms with Gasteiger partial charge in [0.1, 0.15) is 5.75 Å². The van der Waals surface area contributed by atoms with E-state index in [0.717, 1.165) is 5.56 Å². The fourth-order valence-corrected chi connectivity index (χ4v) is 4.87. The Kier molecular flexibility index (Phi) is 6.83. The molecule has 1 atom stereocenters. The molecule has 0 N–H and O–H groups in total. The van der Waals surface area contributed by atoms with Gasteiger partial charge in [-0.25, -0.2) is 8.42 Å². The lowest BCUT2D eigenvalue weighted by molar-refractivity contribution is -0.139. The minimum atomic E-state index is -3.54. The van der Waals surface area contributed by atoms with E-state index in [1.54, 1.807) is 36.1 Å². The van der Waals surface area contributed by atoms with Gasteiger partial charge in [-0.2, -0.15) is 4.31 Å². The third kappa shape index (κ3) is 5.02. The summed E-state index contributed by atoms with van der Waals surface area (Å²) in [5.74, 6) is 0.960. The fourth-order valence-electron chi connectivity index (χ4n) is 3.45. The Hall–Kier alpha value is -2.38. The van der Waals surface area contributed by atoms with Crippen molar-refractivity contribution in [3.63, 3.8) is 0 Å².